The van der Waals surface area contributed by atoms with Crippen LogP contribution in [0, 0.1) is 13.8 Å². The fraction of sp³-hybridized carbons (Fsp3) is 0.522. The summed E-state index contributed by atoms with van der Waals surface area (Å²) in [6.07, 6.45) is 1.13. The Kier molecular flexibility index (Phi) is 5.18. The van der Waals surface area contributed by atoms with E-state index in [2.05, 4.69) is 54.8 Å². The number of nitrogens with zero attached hydrogens (tertiary/aromatic N) is 3. The quantitative estimate of drug-likeness (QED) is 0.796. The third-order valence-electron chi connectivity index (χ3n) is 5.92. The van der Waals surface area contributed by atoms with Crippen molar-refractivity contribution in [1.82, 2.24) is 15.4 Å². The lowest BCUT2D eigenvalue weighted by Crippen LogP contribution is -2.56. The average Bonchev–Trinajstić information content (AvgIpc) is 3.21. The van der Waals surface area contributed by atoms with E-state index in [4.69, 9.17) is 9.52 Å². The molecular weight excluding hydrogens is 378 g/mol. The molecule has 1 amide bonds. The molecule has 0 saturated carbocycles. The first-order valence-corrected chi connectivity index (χ1v) is 10.6. The van der Waals surface area contributed by atoms with Crippen molar-refractivity contribution in [3.05, 3.63) is 46.8 Å². The van der Waals surface area contributed by atoms with E-state index in [1.54, 1.807) is 0 Å². The molecule has 7 nitrogen and oxygen atoms in total. The lowest BCUT2D eigenvalue weighted by atomic mass is 9.95. The minimum absolute atomic E-state index is 0.0972. The van der Waals surface area contributed by atoms with Gasteiger partial charge in [-0.1, -0.05) is 23.4 Å². The first-order valence-electron chi connectivity index (χ1n) is 10.6. The number of aliphatic imine (C=N–C) groups is 1. The van der Waals surface area contributed by atoms with E-state index in [1.807, 2.05) is 24.8 Å². The van der Waals surface area contributed by atoms with Crippen LogP contribution in [0.15, 0.2) is 33.8 Å². The number of anilines is 1. The van der Waals surface area contributed by atoms with E-state index in [9.17, 15) is 4.79 Å². The first kappa shape index (κ1) is 20.6. The summed E-state index contributed by atoms with van der Waals surface area (Å²) in [5.41, 5.74) is 3.34. The molecule has 0 aliphatic carbocycles. The number of likely N-dealkylation sites (tertiary alicyclic amines) is 1. The second kappa shape index (κ2) is 7.54. The predicted molar refractivity (Wildman–Crippen MR) is 118 cm³/mol. The number of hydrogen-bond donors (Lipinski definition) is 2. The van der Waals surface area contributed by atoms with Gasteiger partial charge in [0.2, 0.25) is 5.91 Å². The number of amides is 1. The Bertz CT molecular complexity index is 968. The largest absolute Gasteiger partial charge is 0.361 e. The minimum atomic E-state index is -0.388. The molecule has 160 valence electrons. The van der Waals surface area contributed by atoms with Crippen LogP contribution in [0.4, 0.5) is 5.69 Å². The lowest BCUT2D eigenvalue weighted by molar-refractivity contribution is -0.129. The Labute approximate surface area is 177 Å². The van der Waals surface area contributed by atoms with Crippen LogP contribution >= 0.6 is 0 Å². The van der Waals surface area contributed by atoms with Gasteiger partial charge in [0.15, 0.2) is 0 Å². The van der Waals surface area contributed by atoms with E-state index in [0.717, 1.165) is 41.5 Å². The number of nitrogens with one attached hydrogen (secondary N) is 2. The maximum absolute atomic E-state index is 13.1. The molecule has 2 aliphatic rings. The summed E-state index contributed by atoms with van der Waals surface area (Å²) in [5, 5.41) is 11.3. The van der Waals surface area contributed by atoms with Gasteiger partial charge < -0.3 is 14.7 Å². The monoisotopic (exact) mass is 409 g/mol. The van der Waals surface area contributed by atoms with Crippen LogP contribution in [0.25, 0.3) is 0 Å². The number of carbonyl (C=O) groups excluding carboxylic acids is 1. The van der Waals surface area contributed by atoms with Crippen molar-refractivity contribution in [2.24, 2.45) is 4.99 Å². The number of aryl methyl sites for hydroxylation is 2. The molecule has 2 aromatic rings. The predicted octanol–water partition coefficient (Wildman–Crippen LogP) is 3.22. The zero-order valence-electron chi connectivity index (χ0n) is 18.5. The summed E-state index contributed by atoms with van der Waals surface area (Å²) in [7, 11) is 0. The SMILES string of the molecule is Cc1noc(C)c1CC(=O)N1CCC2(C1)NCc1ccccc1NC2=NC(C)(C)C. The molecule has 7 heteroatoms. The highest BCUT2D eigenvalue weighted by atomic mass is 16.5. The molecule has 1 fully saturated rings. The van der Waals surface area contributed by atoms with Gasteiger partial charge in [-0.05, 0) is 52.7 Å². The molecule has 4 rings (SSSR count). The van der Waals surface area contributed by atoms with Gasteiger partial charge in [-0.25, -0.2) is 0 Å². The van der Waals surface area contributed by atoms with Crippen molar-refractivity contribution in [2.45, 2.75) is 65.1 Å². The van der Waals surface area contributed by atoms with Crippen LogP contribution in [-0.2, 0) is 17.8 Å². The Morgan fingerprint density at radius 3 is 2.77 bits per heavy atom. The second-order valence-corrected chi connectivity index (χ2v) is 9.39. The molecule has 3 heterocycles. The summed E-state index contributed by atoms with van der Waals surface area (Å²) >= 11 is 0. The molecule has 1 spiro atoms. The lowest BCUT2D eigenvalue weighted by Gasteiger charge is -2.32. The summed E-state index contributed by atoms with van der Waals surface area (Å²) in [6, 6.07) is 8.30. The van der Waals surface area contributed by atoms with Crippen LogP contribution in [0.1, 0.15) is 49.8 Å². The fourth-order valence-electron chi connectivity index (χ4n) is 4.24. The van der Waals surface area contributed by atoms with E-state index in [1.165, 1.54) is 5.56 Å². The Hall–Kier alpha value is -2.67. The van der Waals surface area contributed by atoms with Crippen molar-refractivity contribution in [1.29, 1.82) is 0 Å². The molecule has 30 heavy (non-hydrogen) atoms. The average molecular weight is 410 g/mol. The maximum Gasteiger partial charge on any atom is 0.227 e. The number of fused-ring (bicyclic) bond motifs is 1. The van der Waals surface area contributed by atoms with Crippen LogP contribution < -0.4 is 10.6 Å². The first-order chi connectivity index (χ1) is 14.2. The molecule has 1 aromatic heterocycles. The maximum atomic E-state index is 13.1. The minimum Gasteiger partial charge on any atom is -0.361 e. The topological polar surface area (TPSA) is 82.8 Å². The summed E-state index contributed by atoms with van der Waals surface area (Å²) in [6.45, 7) is 12.0. The number of benzene rings is 1. The van der Waals surface area contributed by atoms with Gasteiger partial charge in [-0.2, -0.15) is 0 Å². The van der Waals surface area contributed by atoms with Crippen molar-refractivity contribution >= 4 is 17.4 Å². The normalized spacial score (nSPS) is 22.8. The molecule has 0 radical (unpaired) electrons. The number of rotatable bonds is 2. The van der Waals surface area contributed by atoms with Gasteiger partial charge in [0.05, 0.1) is 23.2 Å². The van der Waals surface area contributed by atoms with Crippen LogP contribution in [0.5, 0.6) is 0 Å². The van der Waals surface area contributed by atoms with E-state index < -0.39 is 0 Å². The van der Waals surface area contributed by atoms with Gasteiger partial charge in [-0.15, -0.1) is 0 Å². The number of amidine groups is 1. The van der Waals surface area contributed by atoms with Crippen LogP contribution in [-0.4, -0.2) is 46.0 Å². The second-order valence-electron chi connectivity index (χ2n) is 9.39. The summed E-state index contributed by atoms with van der Waals surface area (Å²) in [5.74, 6) is 1.72. The van der Waals surface area contributed by atoms with Gasteiger partial charge in [-0.3, -0.25) is 15.1 Å². The molecule has 2 N–H and O–H groups in total. The highest BCUT2D eigenvalue weighted by Crippen LogP contribution is 2.31. The van der Waals surface area contributed by atoms with Crippen molar-refractivity contribution in [2.75, 3.05) is 18.4 Å². The van der Waals surface area contributed by atoms with E-state index in [-0.39, 0.29) is 17.0 Å². The molecule has 0 bridgehead atoms. The molecular formula is C23H31N5O2. The number of carbonyl (C=O) groups is 1. The van der Waals surface area contributed by atoms with Crippen LogP contribution in [0.3, 0.4) is 0 Å². The standard InChI is InChI=1S/C23H31N5O2/c1-15-18(16(2)30-27-15)12-20(29)28-11-10-23(14-28)21(26-22(3,4)5)25-19-9-7-6-8-17(19)13-24-23/h6-9,24H,10-14H2,1-5H3,(H,25,26). The van der Waals surface area contributed by atoms with E-state index >= 15 is 0 Å². The zero-order valence-corrected chi connectivity index (χ0v) is 18.5. The smallest absolute Gasteiger partial charge is 0.227 e. The summed E-state index contributed by atoms with van der Waals surface area (Å²) < 4.78 is 5.23. The van der Waals surface area contributed by atoms with Crippen molar-refractivity contribution in [3.8, 4) is 0 Å². The molecule has 1 saturated heterocycles. The number of aromatic nitrogens is 1. The molecule has 2 aliphatic heterocycles. The molecule has 1 atom stereocenters. The highest BCUT2D eigenvalue weighted by Gasteiger charge is 2.45. The summed E-state index contributed by atoms with van der Waals surface area (Å²) in [4.78, 5) is 20.1. The molecule has 1 unspecified atom stereocenters. The van der Waals surface area contributed by atoms with Gasteiger partial charge in [0.25, 0.3) is 0 Å². The van der Waals surface area contributed by atoms with Crippen molar-refractivity contribution < 1.29 is 9.32 Å². The third-order valence-corrected chi connectivity index (χ3v) is 5.92. The van der Waals surface area contributed by atoms with E-state index in [0.29, 0.717) is 19.5 Å². The Morgan fingerprint density at radius 1 is 1.30 bits per heavy atom. The number of hydrogen-bond acceptors (Lipinski definition) is 5. The van der Waals surface area contributed by atoms with Gasteiger partial charge >= 0.3 is 0 Å². The Morgan fingerprint density at radius 2 is 2.07 bits per heavy atom. The van der Waals surface area contributed by atoms with Gasteiger partial charge in [0, 0.05) is 30.9 Å². The Balaban J connectivity index is 1.60. The highest BCUT2D eigenvalue weighted by molar-refractivity contribution is 6.04. The van der Waals surface area contributed by atoms with Gasteiger partial charge in [0.1, 0.15) is 11.6 Å². The van der Waals surface area contributed by atoms with Crippen LogP contribution in [0.2, 0.25) is 0 Å². The molecule has 1 aromatic carbocycles. The third kappa shape index (κ3) is 3.99. The zero-order chi connectivity index (χ0) is 21.5. The number of para-hydroxylation sites is 1. The fourth-order valence-corrected chi connectivity index (χ4v) is 4.24. The van der Waals surface area contributed by atoms with Crippen molar-refractivity contribution in [3.63, 3.8) is 0 Å².